The Morgan fingerprint density at radius 1 is 1.07 bits per heavy atom. The Balaban J connectivity index is 1.73. The first kappa shape index (κ1) is 17.7. The van der Waals surface area contributed by atoms with Crippen molar-refractivity contribution in [1.29, 1.82) is 0 Å². The first-order chi connectivity index (χ1) is 13.2. The number of fused-ring (bicyclic) bond motifs is 1. The van der Waals surface area contributed by atoms with Crippen LogP contribution in [0, 0.1) is 13.8 Å². The lowest BCUT2D eigenvalue weighted by molar-refractivity contribution is 0.340. The number of para-hydroxylation sites is 2. The maximum atomic E-state index is 5.57. The van der Waals surface area contributed by atoms with Gasteiger partial charge in [0.25, 0.3) is 0 Å². The molecule has 0 aliphatic heterocycles. The van der Waals surface area contributed by atoms with Gasteiger partial charge in [-0.1, -0.05) is 29.1 Å². The number of hydrogen-bond acceptors (Lipinski definition) is 5. The largest absolute Gasteiger partial charge is 0.494 e. The van der Waals surface area contributed by atoms with Gasteiger partial charge in [-0.2, -0.15) is 0 Å². The highest BCUT2D eigenvalue weighted by molar-refractivity contribution is 7.98. The molecule has 6 heteroatoms. The number of hydrogen-bond donors (Lipinski definition) is 0. The van der Waals surface area contributed by atoms with Gasteiger partial charge in [0.2, 0.25) is 0 Å². The van der Waals surface area contributed by atoms with Gasteiger partial charge in [0.05, 0.1) is 23.3 Å². The Hall–Kier alpha value is -2.73. The molecule has 2 aromatic heterocycles. The normalized spacial score (nSPS) is 11.2. The van der Waals surface area contributed by atoms with Gasteiger partial charge < -0.3 is 9.26 Å². The summed E-state index contributed by atoms with van der Waals surface area (Å²) in [6, 6.07) is 16.3. The highest BCUT2D eigenvalue weighted by Crippen LogP contribution is 2.31. The summed E-state index contributed by atoms with van der Waals surface area (Å²) in [5.41, 5.74) is 5.19. The van der Waals surface area contributed by atoms with Crippen molar-refractivity contribution in [3.8, 4) is 11.4 Å². The molecular weight excluding hydrogens is 358 g/mol. The molecule has 2 heterocycles. The van der Waals surface area contributed by atoms with Crippen LogP contribution in [0.2, 0.25) is 0 Å². The van der Waals surface area contributed by atoms with Gasteiger partial charge in [0.15, 0.2) is 5.16 Å². The number of aromatic nitrogens is 3. The minimum absolute atomic E-state index is 0.659. The summed E-state index contributed by atoms with van der Waals surface area (Å²) in [5.74, 6) is 2.50. The van der Waals surface area contributed by atoms with E-state index >= 15 is 0 Å². The standard InChI is InChI=1S/C21H21N3O2S/c1-4-25-17-11-9-16(10-12-17)24-20-8-6-5-7-19(20)22-21(24)27-13-18-14(2)23-26-15(18)3/h5-12H,4,13H2,1-3H3. The Morgan fingerprint density at radius 3 is 2.56 bits per heavy atom. The minimum Gasteiger partial charge on any atom is -0.494 e. The zero-order valence-corrected chi connectivity index (χ0v) is 16.4. The Labute approximate surface area is 162 Å². The van der Waals surface area contributed by atoms with Gasteiger partial charge in [-0.15, -0.1) is 0 Å². The van der Waals surface area contributed by atoms with E-state index in [0.717, 1.165) is 50.4 Å². The molecule has 0 spiro atoms. The maximum Gasteiger partial charge on any atom is 0.174 e. The molecule has 0 N–H and O–H groups in total. The van der Waals surface area contributed by atoms with E-state index in [9.17, 15) is 0 Å². The van der Waals surface area contributed by atoms with Gasteiger partial charge in [0.1, 0.15) is 11.5 Å². The van der Waals surface area contributed by atoms with E-state index in [4.69, 9.17) is 14.2 Å². The second kappa shape index (κ2) is 7.48. The monoisotopic (exact) mass is 379 g/mol. The summed E-state index contributed by atoms with van der Waals surface area (Å²) < 4.78 is 13.0. The predicted molar refractivity (Wildman–Crippen MR) is 108 cm³/mol. The molecule has 0 bridgehead atoms. The molecular formula is C21H21N3O2S. The van der Waals surface area contributed by atoms with E-state index < -0.39 is 0 Å². The summed E-state index contributed by atoms with van der Waals surface area (Å²) in [5, 5.41) is 4.99. The lowest BCUT2D eigenvalue weighted by Crippen LogP contribution is -1.98. The van der Waals surface area contributed by atoms with Crippen molar-refractivity contribution < 1.29 is 9.26 Å². The zero-order chi connectivity index (χ0) is 18.8. The third-order valence-corrected chi connectivity index (χ3v) is 5.43. The summed E-state index contributed by atoms with van der Waals surface area (Å²) in [6.45, 7) is 6.57. The fourth-order valence-electron chi connectivity index (χ4n) is 3.05. The van der Waals surface area contributed by atoms with E-state index in [1.807, 2.05) is 51.1 Å². The number of ether oxygens (including phenoxy) is 1. The average molecular weight is 379 g/mol. The molecule has 0 saturated carbocycles. The number of aryl methyl sites for hydroxylation is 2. The second-order valence-electron chi connectivity index (χ2n) is 6.24. The molecule has 4 rings (SSSR count). The summed E-state index contributed by atoms with van der Waals surface area (Å²) >= 11 is 1.69. The van der Waals surface area contributed by atoms with Gasteiger partial charge in [-0.3, -0.25) is 4.57 Å². The quantitative estimate of drug-likeness (QED) is 0.424. The van der Waals surface area contributed by atoms with Crippen LogP contribution in [0.3, 0.4) is 0 Å². The van der Waals surface area contributed by atoms with Gasteiger partial charge in [-0.05, 0) is 57.2 Å². The van der Waals surface area contributed by atoms with Crippen LogP contribution in [-0.4, -0.2) is 21.3 Å². The number of benzene rings is 2. The molecule has 0 aliphatic rings. The van der Waals surface area contributed by atoms with E-state index in [-0.39, 0.29) is 0 Å². The second-order valence-corrected chi connectivity index (χ2v) is 7.18. The number of thioether (sulfide) groups is 1. The molecule has 0 unspecified atom stereocenters. The highest BCUT2D eigenvalue weighted by Gasteiger charge is 2.16. The fraction of sp³-hybridized carbons (Fsp3) is 0.238. The lowest BCUT2D eigenvalue weighted by atomic mass is 10.2. The van der Waals surface area contributed by atoms with Gasteiger partial charge in [-0.25, -0.2) is 4.98 Å². The SMILES string of the molecule is CCOc1ccc(-n2c(SCc3c(C)noc3C)nc3ccccc32)cc1. The Bertz CT molecular complexity index is 1050. The molecule has 4 aromatic rings. The molecule has 0 amide bonds. The van der Waals surface area contributed by atoms with E-state index in [2.05, 4.69) is 27.9 Å². The number of imidazole rings is 1. The van der Waals surface area contributed by atoms with Crippen molar-refractivity contribution in [1.82, 2.24) is 14.7 Å². The predicted octanol–water partition coefficient (Wildman–Crippen LogP) is 5.32. The summed E-state index contributed by atoms with van der Waals surface area (Å²) in [6.07, 6.45) is 0. The van der Waals surface area contributed by atoms with Crippen LogP contribution in [0.5, 0.6) is 5.75 Å². The van der Waals surface area contributed by atoms with Gasteiger partial charge in [0, 0.05) is 17.0 Å². The van der Waals surface area contributed by atoms with Crippen LogP contribution in [0.1, 0.15) is 23.9 Å². The topological polar surface area (TPSA) is 53.1 Å². The van der Waals surface area contributed by atoms with E-state index in [0.29, 0.717) is 6.61 Å². The molecule has 2 aromatic carbocycles. The summed E-state index contributed by atoms with van der Waals surface area (Å²) in [4.78, 5) is 4.85. The van der Waals surface area contributed by atoms with Crippen LogP contribution in [0.4, 0.5) is 0 Å². The lowest BCUT2D eigenvalue weighted by Gasteiger charge is -2.10. The summed E-state index contributed by atoms with van der Waals surface area (Å²) in [7, 11) is 0. The first-order valence-corrected chi connectivity index (χ1v) is 9.91. The van der Waals surface area contributed by atoms with Crippen LogP contribution in [0.15, 0.2) is 58.2 Å². The molecule has 138 valence electrons. The zero-order valence-electron chi connectivity index (χ0n) is 15.6. The van der Waals surface area contributed by atoms with Crippen molar-refractivity contribution in [2.45, 2.75) is 31.7 Å². The molecule has 0 radical (unpaired) electrons. The molecule has 0 saturated heterocycles. The van der Waals surface area contributed by atoms with Crippen LogP contribution >= 0.6 is 11.8 Å². The smallest absolute Gasteiger partial charge is 0.174 e. The molecule has 0 atom stereocenters. The van der Waals surface area contributed by atoms with Gasteiger partial charge >= 0.3 is 0 Å². The van der Waals surface area contributed by atoms with Crippen LogP contribution in [-0.2, 0) is 5.75 Å². The van der Waals surface area contributed by atoms with Crippen molar-refractivity contribution in [3.63, 3.8) is 0 Å². The van der Waals surface area contributed by atoms with Crippen LogP contribution < -0.4 is 4.74 Å². The number of nitrogens with zero attached hydrogens (tertiary/aromatic N) is 3. The third kappa shape index (κ3) is 3.45. The van der Waals surface area contributed by atoms with Crippen LogP contribution in [0.25, 0.3) is 16.7 Å². The Kier molecular flexibility index (Phi) is 4.90. The van der Waals surface area contributed by atoms with E-state index in [1.165, 1.54) is 0 Å². The fourth-order valence-corrected chi connectivity index (χ4v) is 4.23. The molecule has 27 heavy (non-hydrogen) atoms. The minimum atomic E-state index is 0.659. The maximum absolute atomic E-state index is 5.57. The molecule has 0 fully saturated rings. The van der Waals surface area contributed by atoms with Crippen molar-refractivity contribution in [3.05, 3.63) is 65.5 Å². The van der Waals surface area contributed by atoms with Crippen molar-refractivity contribution in [2.75, 3.05) is 6.61 Å². The van der Waals surface area contributed by atoms with E-state index in [1.54, 1.807) is 11.8 Å². The third-order valence-electron chi connectivity index (χ3n) is 4.46. The average Bonchev–Trinajstić information content (AvgIpc) is 3.21. The Morgan fingerprint density at radius 2 is 1.85 bits per heavy atom. The van der Waals surface area contributed by atoms with Crippen molar-refractivity contribution in [2.24, 2.45) is 0 Å². The molecule has 5 nitrogen and oxygen atoms in total. The molecule has 0 aliphatic carbocycles. The number of rotatable bonds is 6. The first-order valence-electron chi connectivity index (χ1n) is 8.92. The van der Waals surface area contributed by atoms with Crippen molar-refractivity contribution >= 4 is 22.8 Å². The highest BCUT2D eigenvalue weighted by atomic mass is 32.2.